The van der Waals surface area contributed by atoms with Crippen molar-refractivity contribution in [2.45, 2.75) is 71.3 Å². The minimum atomic E-state index is -1.04. The largest absolute Gasteiger partial charge is 0.481 e. The molecule has 2 N–H and O–H groups in total. The lowest BCUT2D eigenvalue weighted by Gasteiger charge is -2.45. The zero-order valence-electron chi connectivity index (χ0n) is 13.5. The highest BCUT2D eigenvalue weighted by atomic mass is 16.4. The van der Waals surface area contributed by atoms with E-state index < -0.39 is 17.5 Å². The highest BCUT2D eigenvalue weighted by Gasteiger charge is 2.61. The fourth-order valence-corrected chi connectivity index (χ4v) is 5.26. The highest BCUT2D eigenvalue weighted by molar-refractivity contribution is 5.76. The van der Waals surface area contributed by atoms with Crippen molar-refractivity contribution >= 4 is 5.97 Å². The minimum absolute atomic E-state index is 0.0755. The van der Waals surface area contributed by atoms with Crippen molar-refractivity contribution in [3.8, 4) is 0 Å². The van der Waals surface area contributed by atoms with Crippen LogP contribution in [0.4, 0.5) is 0 Å². The molecule has 2 fully saturated rings. The molecule has 1 unspecified atom stereocenters. The fraction of sp³-hybridized carbons (Fsp3) is 0.833. The predicted molar refractivity (Wildman–Crippen MR) is 81.9 cm³/mol. The maximum Gasteiger partial charge on any atom is 0.313 e. The van der Waals surface area contributed by atoms with Crippen molar-refractivity contribution in [3.05, 3.63) is 11.6 Å². The number of aliphatic carboxylic acids is 1. The standard InChI is InChI=1S/C18H28O3/c1-16(2)12-7-10-17(16,3)13(11-12)14(15(19)20)18(21)8-5-4-6-9-18/h11-12,14,21H,4-10H2,1-3H3,(H,19,20)/t12-,14?,17+/m1/s1. The van der Waals surface area contributed by atoms with E-state index in [1.807, 2.05) is 0 Å². The van der Waals surface area contributed by atoms with Crippen LogP contribution in [-0.4, -0.2) is 21.8 Å². The molecule has 118 valence electrons. The fourth-order valence-electron chi connectivity index (χ4n) is 5.26. The summed E-state index contributed by atoms with van der Waals surface area (Å²) in [7, 11) is 0. The summed E-state index contributed by atoms with van der Waals surface area (Å²) < 4.78 is 0. The first kappa shape index (κ1) is 15.1. The SMILES string of the molecule is CC1(C)[C@H]2C=C(C(C(=O)O)C3(O)CCCCC3)[C@]1(C)CC2. The molecule has 0 aliphatic heterocycles. The second-order valence-corrected chi connectivity index (χ2v) is 8.26. The maximum atomic E-state index is 12.0. The Morgan fingerprint density at radius 3 is 2.24 bits per heavy atom. The molecule has 3 aliphatic carbocycles. The van der Waals surface area contributed by atoms with E-state index in [9.17, 15) is 15.0 Å². The van der Waals surface area contributed by atoms with Gasteiger partial charge in [-0.15, -0.1) is 0 Å². The Morgan fingerprint density at radius 1 is 1.19 bits per heavy atom. The van der Waals surface area contributed by atoms with E-state index in [2.05, 4.69) is 26.8 Å². The predicted octanol–water partition coefficient (Wildman–Crippen LogP) is 3.76. The van der Waals surface area contributed by atoms with Crippen molar-refractivity contribution in [3.63, 3.8) is 0 Å². The number of hydrogen-bond donors (Lipinski definition) is 2. The van der Waals surface area contributed by atoms with Crippen molar-refractivity contribution < 1.29 is 15.0 Å². The van der Waals surface area contributed by atoms with Crippen molar-refractivity contribution in [1.82, 2.24) is 0 Å². The van der Waals surface area contributed by atoms with Gasteiger partial charge in [-0.3, -0.25) is 4.79 Å². The normalized spacial score (nSPS) is 38.1. The first-order chi connectivity index (χ1) is 9.72. The number of carboxylic acids is 1. The first-order valence-electron chi connectivity index (χ1n) is 8.40. The van der Waals surface area contributed by atoms with Gasteiger partial charge in [0.2, 0.25) is 0 Å². The average molecular weight is 292 g/mol. The van der Waals surface area contributed by atoms with Gasteiger partial charge in [-0.2, -0.15) is 0 Å². The van der Waals surface area contributed by atoms with Gasteiger partial charge in [0.05, 0.1) is 5.60 Å². The molecule has 3 rings (SSSR count). The van der Waals surface area contributed by atoms with Gasteiger partial charge in [-0.05, 0) is 42.4 Å². The summed E-state index contributed by atoms with van der Waals surface area (Å²) >= 11 is 0. The summed E-state index contributed by atoms with van der Waals surface area (Å²) in [6, 6.07) is 0. The zero-order chi connectivity index (χ0) is 15.5. The quantitative estimate of drug-likeness (QED) is 0.779. The van der Waals surface area contributed by atoms with Crippen LogP contribution in [0.5, 0.6) is 0 Å². The Balaban J connectivity index is 2.00. The van der Waals surface area contributed by atoms with Crippen LogP contribution in [0.3, 0.4) is 0 Å². The smallest absolute Gasteiger partial charge is 0.313 e. The molecule has 0 amide bonds. The third-order valence-electron chi connectivity index (χ3n) is 7.14. The summed E-state index contributed by atoms with van der Waals surface area (Å²) in [5.41, 5.74) is 0.00898. The molecule has 0 aromatic rings. The van der Waals surface area contributed by atoms with Crippen LogP contribution in [0.15, 0.2) is 11.6 Å². The van der Waals surface area contributed by atoms with Crippen LogP contribution in [0.25, 0.3) is 0 Å². The zero-order valence-corrected chi connectivity index (χ0v) is 13.5. The van der Waals surface area contributed by atoms with Gasteiger partial charge >= 0.3 is 5.97 Å². The summed E-state index contributed by atoms with van der Waals surface area (Å²) in [6.07, 6.45) is 8.65. The Morgan fingerprint density at radius 2 is 1.81 bits per heavy atom. The van der Waals surface area contributed by atoms with Gasteiger partial charge in [0.25, 0.3) is 0 Å². The van der Waals surface area contributed by atoms with Gasteiger partial charge in [0.1, 0.15) is 5.92 Å². The molecule has 2 saturated carbocycles. The Kier molecular flexibility index (Phi) is 3.29. The van der Waals surface area contributed by atoms with Crippen molar-refractivity contribution in [2.24, 2.45) is 22.7 Å². The van der Waals surface area contributed by atoms with Crippen LogP contribution in [0, 0.1) is 22.7 Å². The summed E-state index contributed by atoms with van der Waals surface area (Å²) in [5.74, 6) is -1.09. The molecular weight excluding hydrogens is 264 g/mol. The van der Waals surface area contributed by atoms with Gasteiger partial charge in [-0.1, -0.05) is 51.7 Å². The number of aliphatic hydroxyl groups is 1. The van der Waals surface area contributed by atoms with E-state index in [4.69, 9.17) is 0 Å². The van der Waals surface area contributed by atoms with Gasteiger partial charge in [0.15, 0.2) is 0 Å². The van der Waals surface area contributed by atoms with Crippen LogP contribution in [-0.2, 0) is 4.79 Å². The molecular formula is C18H28O3. The lowest BCUT2D eigenvalue weighted by Crippen LogP contribution is -2.48. The number of hydrogen-bond acceptors (Lipinski definition) is 2. The minimum Gasteiger partial charge on any atom is -0.481 e. The molecule has 0 aromatic heterocycles. The van der Waals surface area contributed by atoms with E-state index >= 15 is 0 Å². The average Bonchev–Trinajstić information content (AvgIpc) is 2.72. The molecule has 0 saturated heterocycles. The number of carbonyl (C=O) groups is 1. The second kappa shape index (κ2) is 4.58. The van der Waals surface area contributed by atoms with E-state index in [1.165, 1.54) is 0 Å². The van der Waals surface area contributed by atoms with Crippen LogP contribution >= 0.6 is 0 Å². The maximum absolute atomic E-state index is 12.0. The van der Waals surface area contributed by atoms with Crippen LogP contribution < -0.4 is 0 Å². The Labute approximate surface area is 127 Å². The monoisotopic (exact) mass is 292 g/mol. The second-order valence-electron chi connectivity index (χ2n) is 8.26. The third kappa shape index (κ3) is 1.93. The Bertz CT molecular complexity index is 485. The van der Waals surface area contributed by atoms with E-state index in [0.29, 0.717) is 18.8 Å². The number of rotatable bonds is 3. The number of carboxylic acid groups (broad SMARTS) is 1. The number of fused-ring (bicyclic) bond motifs is 2. The molecule has 3 heteroatoms. The van der Waals surface area contributed by atoms with Gasteiger partial charge in [0, 0.05) is 0 Å². The number of allylic oxidation sites excluding steroid dienone is 1. The molecule has 0 aromatic carbocycles. The molecule has 21 heavy (non-hydrogen) atoms. The lowest BCUT2D eigenvalue weighted by atomic mass is 9.61. The van der Waals surface area contributed by atoms with E-state index in [-0.39, 0.29) is 10.8 Å². The third-order valence-corrected chi connectivity index (χ3v) is 7.14. The topological polar surface area (TPSA) is 57.5 Å². The van der Waals surface area contributed by atoms with Gasteiger partial charge < -0.3 is 10.2 Å². The summed E-state index contributed by atoms with van der Waals surface area (Å²) in [6.45, 7) is 6.74. The molecule has 0 spiro atoms. The lowest BCUT2D eigenvalue weighted by molar-refractivity contribution is -0.153. The molecule has 0 heterocycles. The molecule has 3 atom stereocenters. The molecule has 0 radical (unpaired) electrons. The van der Waals surface area contributed by atoms with E-state index in [1.54, 1.807) is 0 Å². The molecule has 3 nitrogen and oxygen atoms in total. The van der Waals surface area contributed by atoms with Crippen molar-refractivity contribution in [2.75, 3.05) is 0 Å². The molecule has 3 aliphatic rings. The Hall–Kier alpha value is -0.830. The van der Waals surface area contributed by atoms with Crippen molar-refractivity contribution in [1.29, 1.82) is 0 Å². The summed E-state index contributed by atoms with van der Waals surface area (Å²) in [5, 5.41) is 20.9. The van der Waals surface area contributed by atoms with Gasteiger partial charge in [-0.25, -0.2) is 0 Å². The summed E-state index contributed by atoms with van der Waals surface area (Å²) in [4.78, 5) is 12.0. The van der Waals surface area contributed by atoms with Crippen LogP contribution in [0.1, 0.15) is 65.7 Å². The molecule has 2 bridgehead atoms. The van der Waals surface area contributed by atoms with Crippen LogP contribution in [0.2, 0.25) is 0 Å². The first-order valence-corrected chi connectivity index (χ1v) is 8.40. The van der Waals surface area contributed by atoms with E-state index in [0.717, 1.165) is 37.7 Å². The highest BCUT2D eigenvalue weighted by Crippen LogP contribution is 2.67.